The van der Waals surface area contributed by atoms with E-state index in [4.69, 9.17) is 0 Å². The van der Waals surface area contributed by atoms with Crippen molar-refractivity contribution in [3.8, 4) is 0 Å². The fourth-order valence-electron chi connectivity index (χ4n) is 4.83. The number of hydrogen-bond donors (Lipinski definition) is 2. The van der Waals surface area contributed by atoms with E-state index < -0.39 is 5.41 Å². The first-order valence-electron chi connectivity index (χ1n) is 11.4. The predicted molar refractivity (Wildman–Crippen MR) is 123 cm³/mol. The maximum Gasteiger partial charge on any atom is 0.249 e. The summed E-state index contributed by atoms with van der Waals surface area (Å²) in [6, 6.07) is 16.5. The van der Waals surface area contributed by atoms with E-state index in [0.29, 0.717) is 25.8 Å². The summed E-state index contributed by atoms with van der Waals surface area (Å²) in [6.45, 7) is 4.34. The Morgan fingerprint density at radius 1 is 0.875 bits per heavy atom. The molecule has 1 aliphatic carbocycles. The van der Waals surface area contributed by atoms with Crippen molar-refractivity contribution in [1.29, 1.82) is 0 Å². The van der Waals surface area contributed by atoms with Crippen LogP contribution in [0.5, 0.6) is 0 Å². The normalized spacial score (nSPS) is 18.3. The molecule has 32 heavy (non-hydrogen) atoms. The summed E-state index contributed by atoms with van der Waals surface area (Å²) in [5.74, 6) is -0.734. The Morgan fingerprint density at radius 2 is 1.53 bits per heavy atom. The molecule has 170 valence electrons. The second kappa shape index (κ2) is 10.1. The molecule has 1 saturated carbocycles. The molecule has 2 aromatic rings. The lowest BCUT2D eigenvalue weighted by molar-refractivity contribution is -0.132. The minimum absolute atomic E-state index is 0.198. The number of carbonyl (C=O) groups is 2. The molecular formula is C25H31FN4O2. The van der Waals surface area contributed by atoms with Gasteiger partial charge in [-0.2, -0.15) is 0 Å². The Kier molecular flexibility index (Phi) is 7.05. The molecule has 1 heterocycles. The zero-order valence-electron chi connectivity index (χ0n) is 18.4. The maximum absolute atomic E-state index is 13.3. The smallest absolute Gasteiger partial charge is 0.249 e. The Morgan fingerprint density at radius 3 is 2.19 bits per heavy atom. The van der Waals surface area contributed by atoms with Gasteiger partial charge in [-0.3, -0.25) is 25.3 Å². The van der Waals surface area contributed by atoms with Crippen molar-refractivity contribution < 1.29 is 14.0 Å². The molecule has 7 heteroatoms. The van der Waals surface area contributed by atoms with Crippen LogP contribution in [0, 0.1) is 5.82 Å². The van der Waals surface area contributed by atoms with E-state index in [9.17, 15) is 14.0 Å². The van der Waals surface area contributed by atoms with Crippen molar-refractivity contribution in [2.45, 2.75) is 37.5 Å². The number of hydrazine groups is 1. The number of anilines is 1. The Labute approximate surface area is 188 Å². The van der Waals surface area contributed by atoms with Crippen LogP contribution in [0.4, 0.5) is 10.1 Å². The molecule has 4 rings (SSSR count). The fraction of sp³-hybridized carbons (Fsp3) is 0.440. The summed E-state index contributed by atoms with van der Waals surface area (Å²) in [5.41, 5.74) is 6.56. The molecule has 0 aromatic heterocycles. The van der Waals surface area contributed by atoms with Gasteiger partial charge in [-0.15, -0.1) is 0 Å². The van der Waals surface area contributed by atoms with E-state index in [1.807, 2.05) is 18.2 Å². The molecule has 2 aliphatic rings. The predicted octanol–water partition coefficient (Wildman–Crippen LogP) is 3.00. The zero-order valence-corrected chi connectivity index (χ0v) is 18.4. The summed E-state index contributed by atoms with van der Waals surface area (Å²) >= 11 is 0. The quantitative estimate of drug-likeness (QED) is 0.681. The van der Waals surface area contributed by atoms with Gasteiger partial charge >= 0.3 is 0 Å². The highest BCUT2D eigenvalue weighted by Gasteiger charge is 2.42. The largest absolute Gasteiger partial charge is 0.369 e. The third-order valence-corrected chi connectivity index (χ3v) is 6.75. The molecule has 2 N–H and O–H groups in total. The van der Waals surface area contributed by atoms with Crippen LogP contribution in [0.25, 0.3) is 0 Å². The van der Waals surface area contributed by atoms with Crippen LogP contribution in [0.1, 0.15) is 37.7 Å². The monoisotopic (exact) mass is 438 g/mol. The molecule has 2 fully saturated rings. The summed E-state index contributed by atoms with van der Waals surface area (Å²) in [5, 5.41) is 0. The molecule has 0 unspecified atom stereocenters. The Balaban J connectivity index is 1.22. The van der Waals surface area contributed by atoms with Crippen LogP contribution >= 0.6 is 0 Å². The molecular weight excluding hydrogens is 407 g/mol. The van der Waals surface area contributed by atoms with Crippen molar-refractivity contribution in [3.63, 3.8) is 0 Å². The van der Waals surface area contributed by atoms with Crippen LogP contribution in [-0.4, -0.2) is 49.4 Å². The van der Waals surface area contributed by atoms with Crippen LogP contribution < -0.4 is 15.8 Å². The van der Waals surface area contributed by atoms with Crippen molar-refractivity contribution in [3.05, 3.63) is 66.0 Å². The van der Waals surface area contributed by atoms with Gasteiger partial charge in [0.05, 0.1) is 5.41 Å². The van der Waals surface area contributed by atoms with Crippen molar-refractivity contribution in [2.24, 2.45) is 0 Å². The number of piperazine rings is 1. The third-order valence-electron chi connectivity index (χ3n) is 6.75. The highest BCUT2D eigenvalue weighted by Crippen LogP contribution is 2.41. The van der Waals surface area contributed by atoms with Gasteiger partial charge in [0.15, 0.2) is 0 Å². The lowest BCUT2D eigenvalue weighted by Gasteiger charge is -2.36. The van der Waals surface area contributed by atoms with E-state index in [1.54, 1.807) is 12.1 Å². The van der Waals surface area contributed by atoms with Crippen LogP contribution in [0.15, 0.2) is 54.6 Å². The molecule has 0 bridgehead atoms. The van der Waals surface area contributed by atoms with Crippen LogP contribution in [0.3, 0.4) is 0 Å². The van der Waals surface area contributed by atoms with Gasteiger partial charge in [0.1, 0.15) is 5.82 Å². The van der Waals surface area contributed by atoms with Gasteiger partial charge in [-0.25, -0.2) is 4.39 Å². The van der Waals surface area contributed by atoms with E-state index in [0.717, 1.165) is 44.6 Å². The SMILES string of the molecule is O=C(CCN1CCN(c2ccccc2)CC1)NNC(=O)C1(c2ccc(F)cc2)CCCC1. The number of halogens is 1. The molecule has 0 radical (unpaired) electrons. The average molecular weight is 439 g/mol. The first-order valence-corrected chi connectivity index (χ1v) is 11.4. The Hall–Kier alpha value is -2.93. The minimum Gasteiger partial charge on any atom is -0.369 e. The van der Waals surface area contributed by atoms with E-state index >= 15 is 0 Å². The number of para-hydroxylation sites is 1. The minimum atomic E-state index is -0.700. The molecule has 1 aliphatic heterocycles. The molecule has 2 aromatic carbocycles. The standard InChI is InChI=1S/C25H31FN4O2/c26-21-10-8-20(9-11-21)25(13-4-5-14-25)24(32)28-27-23(31)12-15-29-16-18-30(19-17-29)22-6-2-1-3-7-22/h1-3,6-11H,4-5,12-19H2,(H,27,31)(H,28,32). The van der Waals surface area contributed by atoms with Gasteiger partial charge in [-0.1, -0.05) is 43.2 Å². The van der Waals surface area contributed by atoms with E-state index in [1.165, 1.54) is 17.8 Å². The Bertz CT molecular complexity index is 905. The lowest BCUT2D eigenvalue weighted by atomic mass is 9.78. The highest BCUT2D eigenvalue weighted by atomic mass is 19.1. The number of carbonyl (C=O) groups excluding carboxylic acids is 2. The first kappa shape index (κ1) is 22.3. The van der Waals surface area contributed by atoms with Crippen LogP contribution in [0.2, 0.25) is 0 Å². The van der Waals surface area contributed by atoms with Gasteiger partial charge in [0.25, 0.3) is 0 Å². The molecule has 0 atom stereocenters. The number of nitrogens with one attached hydrogen (secondary N) is 2. The zero-order chi connectivity index (χ0) is 22.4. The van der Waals surface area contributed by atoms with Gasteiger partial charge in [-0.05, 0) is 42.7 Å². The topological polar surface area (TPSA) is 64.7 Å². The number of benzene rings is 2. The van der Waals surface area contributed by atoms with Crippen molar-refractivity contribution >= 4 is 17.5 Å². The molecule has 0 spiro atoms. The highest BCUT2D eigenvalue weighted by molar-refractivity contribution is 5.90. The molecule has 1 saturated heterocycles. The maximum atomic E-state index is 13.3. The summed E-state index contributed by atoms with van der Waals surface area (Å²) in [4.78, 5) is 30.0. The van der Waals surface area contributed by atoms with Gasteiger partial charge in [0.2, 0.25) is 11.8 Å². The third kappa shape index (κ3) is 5.10. The number of nitrogens with zero attached hydrogens (tertiary/aromatic N) is 2. The van der Waals surface area contributed by atoms with Gasteiger partial charge in [0, 0.05) is 44.8 Å². The van der Waals surface area contributed by atoms with E-state index in [2.05, 4.69) is 32.8 Å². The first-order chi connectivity index (χ1) is 15.6. The number of amides is 2. The average Bonchev–Trinajstić information content (AvgIpc) is 3.34. The van der Waals surface area contributed by atoms with Crippen molar-refractivity contribution in [1.82, 2.24) is 15.8 Å². The number of rotatable bonds is 6. The molecule has 6 nitrogen and oxygen atoms in total. The second-order valence-electron chi connectivity index (χ2n) is 8.71. The van der Waals surface area contributed by atoms with Crippen molar-refractivity contribution in [2.75, 3.05) is 37.6 Å². The van der Waals surface area contributed by atoms with E-state index in [-0.39, 0.29) is 17.6 Å². The van der Waals surface area contributed by atoms with Crippen LogP contribution in [-0.2, 0) is 15.0 Å². The fourth-order valence-corrected chi connectivity index (χ4v) is 4.83. The number of hydrogen-bond acceptors (Lipinski definition) is 4. The summed E-state index contributed by atoms with van der Waals surface area (Å²) in [7, 11) is 0. The summed E-state index contributed by atoms with van der Waals surface area (Å²) in [6.07, 6.45) is 3.61. The molecule has 2 amide bonds. The lowest BCUT2D eigenvalue weighted by Crippen LogP contribution is -2.51. The van der Waals surface area contributed by atoms with Gasteiger partial charge < -0.3 is 4.90 Å². The second-order valence-corrected chi connectivity index (χ2v) is 8.71. The summed E-state index contributed by atoms with van der Waals surface area (Å²) < 4.78 is 13.3.